The Bertz CT molecular complexity index is 4790. The molecule has 18 heteroatoms. The van der Waals surface area contributed by atoms with Crippen molar-refractivity contribution in [3.8, 4) is 79.4 Å². The van der Waals surface area contributed by atoms with Crippen molar-refractivity contribution in [1.82, 2.24) is 0 Å². The van der Waals surface area contributed by atoms with Gasteiger partial charge in [-0.05, 0) is 197 Å². The highest BCUT2D eigenvalue weighted by Gasteiger charge is 2.30. The van der Waals surface area contributed by atoms with E-state index in [0.717, 1.165) is 65.5 Å². The largest absolute Gasteiger partial charge is 0.285 e. The summed E-state index contributed by atoms with van der Waals surface area (Å²) < 4.78 is 4.61. The molecular formula is C100H124N2O2S14. The van der Waals surface area contributed by atoms with E-state index in [0.29, 0.717) is 0 Å². The monoisotopic (exact) mass is 1830 g/mol. The molecule has 2 aliphatic heterocycles. The molecule has 11 aromatic rings. The summed E-state index contributed by atoms with van der Waals surface area (Å²) in [4.78, 5) is 62.0. The van der Waals surface area contributed by atoms with Gasteiger partial charge in [0.15, 0.2) is 0 Å². The average molecular weight is 1840 g/mol. The first kappa shape index (κ1) is 92.0. The summed E-state index contributed by atoms with van der Waals surface area (Å²) in [6.45, 7) is 18.4. The van der Waals surface area contributed by atoms with Gasteiger partial charge in [0.1, 0.15) is 8.75 Å². The molecule has 0 fully saturated rings. The molecule has 12 heterocycles. The van der Waals surface area contributed by atoms with Crippen molar-refractivity contribution in [2.45, 2.75) is 312 Å². The predicted molar refractivity (Wildman–Crippen MR) is 549 cm³/mol. The van der Waals surface area contributed by atoms with Gasteiger partial charge >= 0.3 is 0 Å². The summed E-state index contributed by atoms with van der Waals surface area (Å²) >= 11 is 26.4. The van der Waals surface area contributed by atoms with Crippen LogP contribution in [0.3, 0.4) is 0 Å². The minimum Gasteiger partial charge on any atom is -0.266 e. The predicted octanol–water partition coefficient (Wildman–Crippen LogP) is 38.3. The lowest BCUT2D eigenvalue weighted by molar-refractivity contribution is -0.114. The Labute approximate surface area is 764 Å². The van der Waals surface area contributed by atoms with Gasteiger partial charge in [0.25, 0.3) is 11.8 Å². The molecule has 0 unspecified atom stereocenters. The number of carbonyl (C=O) groups is 2. The maximum Gasteiger partial charge on any atom is 0.285 e. The molecule has 0 atom stereocenters. The molecule has 630 valence electrons. The third kappa shape index (κ3) is 25.3. The number of unbranched alkanes of at least 4 members (excludes halogenated alkanes) is 30. The molecule has 0 radical (unpaired) electrons. The SMILES string of the molecule is CCCCCCCCSC1=NC(=O)/C(=C/c2cc(CCCCCCCC)c(-c3ccc(-c4sc(-c5cc6c(-c7ccc(C)s7)c7sc(-c8cc(CCCCCCCC)c(-c9ccc(-c%10sc(/C=C%11\SC(SCCCCCCCC)=NC%11=O)cc%10CCCCCCCC)s9)s8)cc7c(-c7ccc(C)s7)c6s5)cc4CCCCCCCC)s3)s2)S1. The Morgan fingerprint density at radius 2 is 0.576 bits per heavy atom. The molecule has 1 aromatic carbocycles. The molecule has 2 amide bonds. The van der Waals surface area contributed by atoms with E-state index in [-0.39, 0.29) is 11.8 Å². The van der Waals surface area contributed by atoms with Crippen LogP contribution in [-0.2, 0) is 35.3 Å². The molecule has 10 aromatic heterocycles. The fourth-order valence-electron chi connectivity index (χ4n) is 16.2. The Kier molecular flexibility index (Phi) is 37.5. The highest BCUT2D eigenvalue weighted by atomic mass is 32.2. The smallest absolute Gasteiger partial charge is 0.266 e. The minimum absolute atomic E-state index is 0.0835. The summed E-state index contributed by atoms with van der Waals surface area (Å²) in [5.41, 5.74) is 8.60. The van der Waals surface area contributed by atoms with Crippen LogP contribution in [0.5, 0.6) is 0 Å². The molecule has 0 N–H and O–H groups in total. The van der Waals surface area contributed by atoms with Crippen LogP contribution in [0, 0.1) is 13.8 Å². The zero-order chi connectivity index (χ0) is 82.0. The number of nitrogens with zero attached hydrogens (tertiary/aromatic N) is 2. The number of benzene rings is 1. The maximum absolute atomic E-state index is 13.6. The van der Waals surface area contributed by atoms with Crippen LogP contribution >= 0.6 is 160 Å². The van der Waals surface area contributed by atoms with Gasteiger partial charge in [0.05, 0.1) is 9.81 Å². The number of aliphatic imine (C=N–C) groups is 2. The number of rotatable bonds is 52. The Morgan fingerprint density at radius 3 is 0.898 bits per heavy atom. The van der Waals surface area contributed by atoms with Crippen molar-refractivity contribution in [1.29, 1.82) is 0 Å². The average Bonchev–Trinajstić information content (AvgIpc) is 1.56. The number of fused-ring (bicyclic) bond motifs is 2. The molecule has 13 rings (SSSR count). The molecular weight excluding hydrogens is 1710 g/mol. The second kappa shape index (κ2) is 48.1. The zero-order valence-corrected chi connectivity index (χ0v) is 82.8. The van der Waals surface area contributed by atoms with Crippen molar-refractivity contribution >= 4 is 213 Å². The molecule has 0 bridgehead atoms. The van der Waals surface area contributed by atoms with Crippen molar-refractivity contribution in [3.63, 3.8) is 0 Å². The van der Waals surface area contributed by atoms with Crippen LogP contribution in [0.2, 0.25) is 0 Å². The maximum atomic E-state index is 13.6. The number of carbonyl (C=O) groups excluding carboxylic acids is 2. The number of thiophene rings is 10. The molecule has 0 aliphatic carbocycles. The molecule has 4 nitrogen and oxygen atoms in total. The third-order valence-electron chi connectivity index (χ3n) is 22.7. The number of hydrogen-bond acceptors (Lipinski definition) is 16. The lowest BCUT2D eigenvalue weighted by Crippen LogP contribution is -1.87. The number of amides is 2. The Hall–Kier alpha value is -3.70. The molecule has 118 heavy (non-hydrogen) atoms. The summed E-state index contributed by atoms with van der Waals surface area (Å²) in [5.74, 6) is 1.87. The first-order chi connectivity index (χ1) is 57.9. The van der Waals surface area contributed by atoms with E-state index in [9.17, 15) is 9.59 Å². The van der Waals surface area contributed by atoms with Gasteiger partial charge in [-0.15, -0.1) is 113 Å². The minimum atomic E-state index is -0.0835. The van der Waals surface area contributed by atoms with E-state index in [4.69, 9.17) is 0 Å². The van der Waals surface area contributed by atoms with Gasteiger partial charge in [0.2, 0.25) is 0 Å². The van der Waals surface area contributed by atoms with Gasteiger partial charge in [-0.1, -0.05) is 281 Å². The number of hydrogen-bond donors (Lipinski definition) is 0. The topological polar surface area (TPSA) is 58.9 Å². The standard InChI is InChI=1S/C100H124N2O2S14/c1-9-15-21-27-33-39-45-69-59-73(63-87-97(103)101-99(117-87)105-57-43-37-31-25-19-13-5)109-91(69)79-53-55-81(111-79)93-71(47-41-35-29-23-17-11-3)61-83(113-93)85-65-75-89(77-51-49-67(7)107-77)96-76(90(95(75)115-85)78-52-50-68(8)108-78)66-86(116-96)84-62-72(48-42-36-30-24-18-12-4)94(114-84)82-56-54-80(112-82)92-70(46-40-34-28-22-16-10-2)60-74(110-92)64-88-98(104)102-100(118-88)106-58-44-38-32-26-20-14-6/h49-56,59-66H,9-48,57-58H2,1-8H3/b87-63-,88-64-. The van der Waals surface area contributed by atoms with Gasteiger partial charge in [-0.2, -0.15) is 9.98 Å². The van der Waals surface area contributed by atoms with Gasteiger partial charge < -0.3 is 0 Å². The lowest BCUT2D eigenvalue weighted by atomic mass is 9.99. The van der Waals surface area contributed by atoms with Crippen LogP contribution in [-0.4, -0.2) is 32.1 Å². The van der Waals surface area contributed by atoms with E-state index in [2.05, 4.69) is 162 Å². The molecule has 0 saturated carbocycles. The van der Waals surface area contributed by atoms with Gasteiger partial charge in [-0.3, -0.25) is 9.59 Å². The first-order valence-electron chi connectivity index (χ1n) is 45.1. The Morgan fingerprint density at radius 1 is 0.288 bits per heavy atom. The Balaban J connectivity index is 0.843. The van der Waals surface area contributed by atoms with Gasteiger partial charge in [-0.25, -0.2) is 0 Å². The van der Waals surface area contributed by atoms with E-state index < -0.39 is 0 Å². The molecule has 0 saturated heterocycles. The second-order valence-electron chi connectivity index (χ2n) is 32.4. The van der Waals surface area contributed by atoms with Crippen LogP contribution < -0.4 is 0 Å². The van der Waals surface area contributed by atoms with Crippen LogP contribution in [0.25, 0.3) is 112 Å². The molecule has 0 spiro atoms. The summed E-state index contributed by atoms with van der Waals surface area (Å²) in [5, 5.41) is 2.75. The second-order valence-corrected chi connectivity index (χ2v) is 48.3. The van der Waals surface area contributed by atoms with Gasteiger partial charge in [0, 0.05) is 131 Å². The van der Waals surface area contributed by atoms with E-state index >= 15 is 0 Å². The summed E-state index contributed by atoms with van der Waals surface area (Å²) in [7, 11) is 0. The number of thioether (sulfide) groups is 4. The van der Waals surface area contributed by atoms with Crippen molar-refractivity contribution in [2.24, 2.45) is 9.98 Å². The highest BCUT2D eigenvalue weighted by molar-refractivity contribution is 8.41. The highest BCUT2D eigenvalue weighted by Crippen LogP contribution is 2.58. The van der Waals surface area contributed by atoms with Crippen molar-refractivity contribution in [2.75, 3.05) is 11.5 Å². The van der Waals surface area contributed by atoms with Crippen LogP contribution in [0.4, 0.5) is 0 Å². The first-order valence-corrected chi connectivity index (χ1v) is 56.9. The fraction of sp³-hybridized carbons (Fsp3) is 0.500. The summed E-state index contributed by atoms with van der Waals surface area (Å²) in [6.07, 6.45) is 54.3. The third-order valence-corrected chi connectivity index (χ3v) is 39.3. The quantitative estimate of drug-likeness (QED) is 0.0280. The molecule has 2 aliphatic rings. The summed E-state index contributed by atoms with van der Waals surface area (Å²) in [6, 6.07) is 34.5. The van der Waals surface area contributed by atoms with Crippen LogP contribution in [0.1, 0.15) is 314 Å². The number of aryl methyl sites for hydroxylation is 6. The van der Waals surface area contributed by atoms with E-state index in [1.807, 2.05) is 113 Å². The van der Waals surface area contributed by atoms with E-state index in [1.54, 1.807) is 47.0 Å². The normalized spacial score (nSPS) is 14.0. The zero-order valence-electron chi connectivity index (χ0n) is 71.4. The lowest BCUT2D eigenvalue weighted by Gasteiger charge is -2.09. The van der Waals surface area contributed by atoms with Crippen LogP contribution in [0.15, 0.2) is 105 Å². The van der Waals surface area contributed by atoms with Crippen molar-refractivity contribution in [3.05, 3.63) is 137 Å². The van der Waals surface area contributed by atoms with E-state index in [1.165, 1.54) is 363 Å². The fourth-order valence-corrected chi connectivity index (χ4v) is 32.4. The van der Waals surface area contributed by atoms with Crippen molar-refractivity contribution < 1.29 is 9.59 Å².